The van der Waals surface area contributed by atoms with Crippen LogP contribution in [0.4, 0.5) is 0 Å². The van der Waals surface area contributed by atoms with E-state index in [1.165, 1.54) is 83.5 Å². The second kappa shape index (κ2) is 23.6. The normalized spacial score (nSPS) is 9.95. The lowest BCUT2D eigenvalue weighted by Crippen LogP contribution is -1.84. The first-order chi connectivity index (χ1) is 9.91. The molecule has 0 fully saturated rings. The summed E-state index contributed by atoms with van der Waals surface area (Å²) in [5, 5.41) is 9.38. The third kappa shape index (κ3) is 22.7. The van der Waals surface area contributed by atoms with Crippen LogP contribution < -0.4 is 5.90 Å². The van der Waals surface area contributed by atoms with Crippen LogP contribution >= 0.6 is 0 Å². The van der Waals surface area contributed by atoms with Crippen LogP contribution in [0, 0.1) is 4.91 Å². The maximum absolute atomic E-state index is 9.87. The number of nitrogens with zero attached hydrogens (tertiary/aromatic N) is 1. The van der Waals surface area contributed by atoms with E-state index in [0.29, 0.717) is 6.54 Å². The van der Waals surface area contributed by atoms with Gasteiger partial charge >= 0.3 is 0 Å². The molecule has 20 heavy (non-hydrogen) atoms. The van der Waals surface area contributed by atoms with Crippen LogP contribution in [0.25, 0.3) is 0 Å². The van der Waals surface area contributed by atoms with Crippen LogP contribution in [0.3, 0.4) is 0 Å². The molecule has 4 heteroatoms. The molecule has 0 saturated carbocycles. The molecule has 0 aromatic carbocycles. The van der Waals surface area contributed by atoms with Crippen molar-refractivity contribution < 1.29 is 5.21 Å². The molecular weight excluding hydrogens is 252 g/mol. The van der Waals surface area contributed by atoms with Crippen LogP contribution in [-0.4, -0.2) is 11.8 Å². The van der Waals surface area contributed by atoms with Crippen LogP contribution in [0.5, 0.6) is 0 Å². The Labute approximate surface area is 125 Å². The van der Waals surface area contributed by atoms with Gasteiger partial charge in [-0.3, -0.25) is 0 Å². The van der Waals surface area contributed by atoms with Gasteiger partial charge in [-0.2, -0.15) is 4.91 Å². The van der Waals surface area contributed by atoms with E-state index in [1.54, 1.807) is 0 Å². The van der Waals surface area contributed by atoms with Gasteiger partial charge in [0.1, 0.15) is 0 Å². The minimum absolute atomic E-state index is 0.512. The summed E-state index contributed by atoms with van der Waals surface area (Å²) < 4.78 is 0. The standard InChI is InChI=1S/C16H33NO.H3NO/c1-2-3-4-5-6-7-8-9-10-11-12-13-14-15-16-17-18;1-2/h2-16H2,1H3;2H,1H2. The lowest BCUT2D eigenvalue weighted by Gasteiger charge is -2.02. The zero-order valence-electron chi connectivity index (χ0n) is 13.5. The van der Waals surface area contributed by atoms with E-state index in [9.17, 15) is 4.91 Å². The van der Waals surface area contributed by atoms with Gasteiger partial charge in [0.15, 0.2) is 0 Å². The Bertz CT molecular complexity index is 167. The maximum atomic E-state index is 9.87. The fourth-order valence-electron chi connectivity index (χ4n) is 2.37. The summed E-state index contributed by atoms with van der Waals surface area (Å²) in [4.78, 5) is 9.87. The smallest absolute Gasteiger partial charge is 0.0811 e. The minimum atomic E-state index is 0.512. The van der Waals surface area contributed by atoms with Gasteiger partial charge in [0.05, 0.1) is 6.54 Å². The van der Waals surface area contributed by atoms with Crippen molar-refractivity contribution >= 4 is 0 Å². The van der Waals surface area contributed by atoms with Gasteiger partial charge in [0, 0.05) is 0 Å². The highest BCUT2D eigenvalue weighted by Gasteiger charge is 1.93. The molecule has 0 bridgehead atoms. The summed E-state index contributed by atoms with van der Waals surface area (Å²) in [5.74, 6) is 3.50. The van der Waals surface area contributed by atoms with Crippen LogP contribution in [0.1, 0.15) is 96.8 Å². The Morgan fingerprint density at radius 3 is 1.25 bits per heavy atom. The van der Waals surface area contributed by atoms with E-state index in [4.69, 9.17) is 5.21 Å². The summed E-state index contributed by atoms with van der Waals surface area (Å²) in [6.07, 6.45) is 19.0. The molecule has 0 aliphatic heterocycles. The predicted molar refractivity (Wildman–Crippen MR) is 86.9 cm³/mol. The molecule has 122 valence electrons. The molecule has 0 aromatic rings. The lowest BCUT2D eigenvalue weighted by atomic mass is 10.0. The van der Waals surface area contributed by atoms with Crippen molar-refractivity contribution in [3.63, 3.8) is 0 Å². The van der Waals surface area contributed by atoms with Gasteiger partial charge in [-0.1, -0.05) is 95.6 Å². The number of nitrogens with two attached hydrogens (primary N) is 1. The van der Waals surface area contributed by atoms with Gasteiger partial charge in [-0.05, 0) is 6.42 Å². The molecule has 0 amide bonds. The summed E-state index contributed by atoms with van der Waals surface area (Å²) in [6.45, 7) is 2.79. The quantitative estimate of drug-likeness (QED) is 0.235. The Hall–Kier alpha value is -0.480. The van der Waals surface area contributed by atoms with Gasteiger partial charge in [-0.15, -0.1) is 0 Å². The zero-order valence-corrected chi connectivity index (χ0v) is 13.5. The van der Waals surface area contributed by atoms with Gasteiger partial charge in [0.25, 0.3) is 0 Å². The highest BCUT2D eigenvalue weighted by atomic mass is 16.4. The number of nitroso groups, excluding NO2 is 1. The Kier molecular flexibility index (Phi) is 25.7. The molecule has 4 nitrogen and oxygen atoms in total. The molecule has 0 radical (unpaired) electrons. The summed E-state index contributed by atoms with van der Waals surface area (Å²) in [5.41, 5.74) is 0. The fraction of sp³-hybridized carbons (Fsp3) is 1.00. The Morgan fingerprint density at radius 2 is 0.950 bits per heavy atom. The first kappa shape index (κ1) is 21.8. The molecular formula is C16H36N2O2. The van der Waals surface area contributed by atoms with Crippen LogP contribution in [0.15, 0.2) is 5.18 Å². The second-order valence-corrected chi connectivity index (χ2v) is 5.45. The number of hydrogen-bond donors (Lipinski definition) is 2. The van der Waals surface area contributed by atoms with Crippen molar-refractivity contribution in [1.82, 2.24) is 0 Å². The third-order valence-corrected chi connectivity index (χ3v) is 3.60. The van der Waals surface area contributed by atoms with E-state index in [-0.39, 0.29) is 0 Å². The largest absolute Gasteiger partial charge is 0.320 e. The average Bonchev–Trinajstić information content (AvgIpc) is 2.50. The minimum Gasteiger partial charge on any atom is -0.320 e. The number of hydrogen-bond acceptors (Lipinski definition) is 4. The fourth-order valence-corrected chi connectivity index (χ4v) is 2.37. The number of rotatable bonds is 15. The van der Waals surface area contributed by atoms with Crippen molar-refractivity contribution in [2.75, 3.05) is 6.54 Å². The van der Waals surface area contributed by atoms with E-state index in [0.717, 1.165) is 6.42 Å². The van der Waals surface area contributed by atoms with Crippen molar-refractivity contribution in [2.24, 2.45) is 11.1 Å². The molecule has 0 spiro atoms. The molecule has 0 unspecified atom stereocenters. The SMILES string of the molecule is CCCCCCCCCCCCCCCCN=O.NO. The van der Waals surface area contributed by atoms with E-state index >= 15 is 0 Å². The molecule has 0 aliphatic rings. The molecule has 3 N–H and O–H groups in total. The Morgan fingerprint density at radius 1 is 0.650 bits per heavy atom. The molecule has 0 heterocycles. The molecule has 0 aromatic heterocycles. The summed E-state index contributed by atoms with van der Waals surface area (Å²) >= 11 is 0. The average molecular weight is 288 g/mol. The van der Waals surface area contributed by atoms with Crippen molar-refractivity contribution in [2.45, 2.75) is 96.8 Å². The van der Waals surface area contributed by atoms with Crippen molar-refractivity contribution in [3.05, 3.63) is 4.91 Å². The zero-order chi connectivity index (χ0) is 15.3. The van der Waals surface area contributed by atoms with Gasteiger partial charge < -0.3 is 5.21 Å². The third-order valence-electron chi connectivity index (χ3n) is 3.60. The van der Waals surface area contributed by atoms with E-state index in [2.05, 4.69) is 18.0 Å². The van der Waals surface area contributed by atoms with E-state index in [1.807, 2.05) is 0 Å². The predicted octanol–water partition coefficient (Wildman–Crippen LogP) is 5.57. The molecule has 0 aliphatic carbocycles. The summed E-state index contributed by atoms with van der Waals surface area (Å²) in [6, 6.07) is 0. The van der Waals surface area contributed by atoms with Crippen LogP contribution in [0.2, 0.25) is 0 Å². The first-order valence-corrected chi connectivity index (χ1v) is 8.46. The van der Waals surface area contributed by atoms with Crippen molar-refractivity contribution in [1.29, 1.82) is 0 Å². The topological polar surface area (TPSA) is 75.7 Å². The van der Waals surface area contributed by atoms with Gasteiger partial charge in [0.2, 0.25) is 0 Å². The van der Waals surface area contributed by atoms with Gasteiger partial charge in [-0.25, -0.2) is 5.90 Å². The highest BCUT2D eigenvalue weighted by Crippen LogP contribution is 2.12. The first-order valence-electron chi connectivity index (χ1n) is 8.46. The van der Waals surface area contributed by atoms with Crippen LogP contribution in [-0.2, 0) is 0 Å². The second-order valence-electron chi connectivity index (χ2n) is 5.45. The van der Waals surface area contributed by atoms with E-state index < -0.39 is 0 Å². The maximum Gasteiger partial charge on any atom is 0.0811 e. The monoisotopic (exact) mass is 288 g/mol. The highest BCUT2D eigenvalue weighted by molar-refractivity contribution is 4.50. The summed E-state index contributed by atoms with van der Waals surface area (Å²) in [7, 11) is 0. The van der Waals surface area contributed by atoms with Crippen molar-refractivity contribution in [3.8, 4) is 0 Å². The number of unbranched alkanes of at least 4 members (excludes halogenated alkanes) is 13. The Balaban J connectivity index is 0. The molecule has 0 saturated heterocycles. The lowest BCUT2D eigenvalue weighted by molar-refractivity contribution is 0.311. The molecule has 0 atom stereocenters. The molecule has 0 rings (SSSR count).